The zero-order valence-electron chi connectivity index (χ0n) is 17.7. The topological polar surface area (TPSA) is 54.9 Å². The Labute approximate surface area is 197 Å². The van der Waals surface area contributed by atoms with E-state index in [2.05, 4.69) is 10.3 Å². The van der Waals surface area contributed by atoms with Crippen LogP contribution in [0.3, 0.4) is 0 Å². The van der Waals surface area contributed by atoms with Crippen LogP contribution in [0.5, 0.6) is 11.5 Å². The molecule has 0 N–H and O–H groups in total. The SMILES string of the molecule is COc1ccc(-c2csc(CN3CCN(C(=O)COc4ccc(F)cc4)CC3)n2)cc1.Cl. The second-order valence-corrected chi connectivity index (χ2v) is 8.20. The van der Waals surface area contributed by atoms with Gasteiger partial charge in [0.25, 0.3) is 5.91 Å². The van der Waals surface area contributed by atoms with Crippen molar-refractivity contribution in [2.24, 2.45) is 0 Å². The van der Waals surface area contributed by atoms with Crippen LogP contribution in [0.4, 0.5) is 4.39 Å². The zero-order chi connectivity index (χ0) is 21.6. The van der Waals surface area contributed by atoms with Gasteiger partial charge in [0, 0.05) is 37.1 Å². The highest BCUT2D eigenvalue weighted by Crippen LogP contribution is 2.25. The first-order valence-corrected chi connectivity index (χ1v) is 11.0. The van der Waals surface area contributed by atoms with Crippen molar-refractivity contribution in [3.8, 4) is 22.8 Å². The van der Waals surface area contributed by atoms with Crippen LogP contribution in [0.15, 0.2) is 53.9 Å². The molecular weight excluding hydrogens is 453 g/mol. The van der Waals surface area contributed by atoms with E-state index in [1.165, 1.54) is 24.3 Å². The van der Waals surface area contributed by atoms with E-state index < -0.39 is 0 Å². The van der Waals surface area contributed by atoms with Gasteiger partial charge >= 0.3 is 0 Å². The number of nitrogens with zero attached hydrogens (tertiary/aromatic N) is 3. The van der Waals surface area contributed by atoms with Crippen molar-refractivity contribution in [3.63, 3.8) is 0 Å². The minimum atomic E-state index is -0.328. The van der Waals surface area contributed by atoms with E-state index in [9.17, 15) is 9.18 Å². The van der Waals surface area contributed by atoms with Crippen molar-refractivity contribution < 1.29 is 18.7 Å². The van der Waals surface area contributed by atoms with Gasteiger partial charge in [-0.3, -0.25) is 9.69 Å². The molecule has 170 valence electrons. The molecule has 0 saturated carbocycles. The van der Waals surface area contributed by atoms with Crippen LogP contribution in [0.25, 0.3) is 11.3 Å². The molecule has 1 aliphatic heterocycles. The summed E-state index contributed by atoms with van der Waals surface area (Å²) in [4.78, 5) is 21.3. The summed E-state index contributed by atoms with van der Waals surface area (Å²) in [5, 5.41) is 3.13. The van der Waals surface area contributed by atoms with Gasteiger partial charge in [0.1, 0.15) is 22.3 Å². The van der Waals surface area contributed by atoms with Crippen molar-refractivity contribution in [2.75, 3.05) is 39.9 Å². The monoisotopic (exact) mass is 477 g/mol. The lowest BCUT2D eigenvalue weighted by Gasteiger charge is -2.34. The number of carbonyl (C=O) groups excluding carboxylic acids is 1. The van der Waals surface area contributed by atoms with Gasteiger partial charge in [0.05, 0.1) is 19.3 Å². The molecule has 3 aromatic rings. The Morgan fingerprint density at radius 3 is 2.34 bits per heavy atom. The van der Waals surface area contributed by atoms with Gasteiger partial charge < -0.3 is 14.4 Å². The highest BCUT2D eigenvalue weighted by Gasteiger charge is 2.22. The Balaban J connectivity index is 0.00000289. The third kappa shape index (κ3) is 6.18. The standard InChI is InChI=1S/C23H24FN3O3S.ClH/c1-29-19-6-2-17(3-7-19)21-16-31-22(25-21)14-26-10-12-27(13-11-26)23(28)15-30-20-8-4-18(24)5-9-20;/h2-9,16H,10-15H2,1H3;1H. The number of carbonyl (C=O) groups is 1. The minimum absolute atomic E-state index is 0. The number of benzene rings is 2. The molecule has 2 aromatic carbocycles. The summed E-state index contributed by atoms with van der Waals surface area (Å²) in [6, 6.07) is 13.6. The minimum Gasteiger partial charge on any atom is -0.497 e. The first-order chi connectivity index (χ1) is 15.1. The van der Waals surface area contributed by atoms with Crippen molar-refractivity contribution in [2.45, 2.75) is 6.54 Å². The molecule has 4 rings (SSSR count). The summed E-state index contributed by atoms with van der Waals surface area (Å²) in [7, 11) is 1.65. The normalized spacial score (nSPS) is 14.0. The molecule has 1 amide bonds. The van der Waals surface area contributed by atoms with E-state index in [0.717, 1.165) is 41.6 Å². The molecule has 6 nitrogen and oxygen atoms in total. The van der Waals surface area contributed by atoms with Crippen LogP contribution in [0.2, 0.25) is 0 Å². The number of ether oxygens (including phenoxy) is 2. The quantitative estimate of drug-likeness (QED) is 0.512. The summed E-state index contributed by atoms with van der Waals surface area (Å²) in [5.74, 6) is 0.936. The van der Waals surface area contributed by atoms with Crippen LogP contribution in [0, 0.1) is 5.82 Å². The number of rotatable bonds is 7. The Bertz CT molecular complexity index is 1010. The summed E-state index contributed by atoms with van der Waals surface area (Å²) >= 11 is 1.65. The summed E-state index contributed by atoms with van der Waals surface area (Å²) < 4.78 is 23.6. The molecule has 0 atom stereocenters. The molecule has 1 saturated heterocycles. The van der Waals surface area contributed by atoms with Gasteiger partial charge in [-0.15, -0.1) is 23.7 Å². The van der Waals surface area contributed by atoms with Crippen molar-refractivity contribution >= 4 is 29.7 Å². The van der Waals surface area contributed by atoms with E-state index in [1.54, 1.807) is 18.4 Å². The molecule has 2 heterocycles. The fourth-order valence-electron chi connectivity index (χ4n) is 3.39. The number of hydrogen-bond donors (Lipinski definition) is 0. The molecule has 32 heavy (non-hydrogen) atoms. The number of hydrogen-bond acceptors (Lipinski definition) is 6. The Morgan fingerprint density at radius 2 is 1.69 bits per heavy atom. The predicted molar refractivity (Wildman–Crippen MR) is 125 cm³/mol. The molecule has 0 aliphatic carbocycles. The van der Waals surface area contributed by atoms with E-state index in [1.807, 2.05) is 29.2 Å². The average molecular weight is 478 g/mol. The molecule has 0 spiro atoms. The van der Waals surface area contributed by atoms with E-state index in [-0.39, 0.29) is 30.7 Å². The third-order valence-corrected chi connectivity index (χ3v) is 6.03. The lowest BCUT2D eigenvalue weighted by molar-refractivity contribution is -0.135. The number of halogens is 2. The molecule has 9 heteroatoms. The van der Waals surface area contributed by atoms with Crippen LogP contribution in [-0.2, 0) is 11.3 Å². The zero-order valence-corrected chi connectivity index (χ0v) is 19.3. The molecule has 1 aromatic heterocycles. The number of methoxy groups -OCH3 is 1. The maximum atomic E-state index is 12.9. The van der Waals surface area contributed by atoms with E-state index in [4.69, 9.17) is 14.5 Å². The van der Waals surface area contributed by atoms with E-state index in [0.29, 0.717) is 18.8 Å². The summed E-state index contributed by atoms with van der Waals surface area (Å²) in [5.41, 5.74) is 2.04. The van der Waals surface area contributed by atoms with Gasteiger partial charge in [-0.2, -0.15) is 0 Å². The summed E-state index contributed by atoms with van der Waals surface area (Å²) in [6.07, 6.45) is 0. The third-order valence-electron chi connectivity index (χ3n) is 5.20. The number of thiazole rings is 1. The number of amides is 1. The fourth-order valence-corrected chi connectivity index (χ4v) is 4.24. The van der Waals surface area contributed by atoms with Crippen LogP contribution < -0.4 is 9.47 Å². The van der Waals surface area contributed by atoms with Gasteiger partial charge in [0.15, 0.2) is 6.61 Å². The molecule has 0 unspecified atom stereocenters. The Kier molecular flexibility index (Phi) is 8.44. The molecular formula is C23H25ClFN3O3S. The van der Waals surface area contributed by atoms with Crippen molar-refractivity contribution in [3.05, 3.63) is 64.7 Å². The lowest BCUT2D eigenvalue weighted by Crippen LogP contribution is -2.49. The van der Waals surface area contributed by atoms with Crippen LogP contribution in [-0.4, -0.2) is 60.6 Å². The van der Waals surface area contributed by atoms with Crippen molar-refractivity contribution in [1.29, 1.82) is 0 Å². The number of piperazine rings is 1. The maximum absolute atomic E-state index is 12.9. The highest BCUT2D eigenvalue weighted by atomic mass is 35.5. The largest absolute Gasteiger partial charge is 0.497 e. The second kappa shape index (κ2) is 11.3. The first-order valence-electron chi connectivity index (χ1n) is 10.1. The lowest BCUT2D eigenvalue weighted by atomic mass is 10.2. The molecule has 0 radical (unpaired) electrons. The fraction of sp³-hybridized carbons (Fsp3) is 0.304. The molecule has 0 bridgehead atoms. The van der Waals surface area contributed by atoms with Gasteiger partial charge in [-0.25, -0.2) is 9.37 Å². The Hall–Kier alpha value is -2.68. The van der Waals surface area contributed by atoms with Gasteiger partial charge in [-0.1, -0.05) is 0 Å². The van der Waals surface area contributed by atoms with Crippen molar-refractivity contribution in [1.82, 2.24) is 14.8 Å². The number of aromatic nitrogens is 1. The highest BCUT2D eigenvalue weighted by molar-refractivity contribution is 7.09. The van der Waals surface area contributed by atoms with Gasteiger partial charge in [0.2, 0.25) is 0 Å². The smallest absolute Gasteiger partial charge is 0.260 e. The Morgan fingerprint density at radius 1 is 1.03 bits per heavy atom. The first kappa shape index (κ1) is 24.0. The average Bonchev–Trinajstić information content (AvgIpc) is 3.27. The maximum Gasteiger partial charge on any atom is 0.260 e. The van der Waals surface area contributed by atoms with Crippen LogP contribution in [0.1, 0.15) is 5.01 Å². The molecule has 1 fully saturated rings. The summed E-state index contributed by atoms with van der Waals surface area (Å²) in [6.45, 7) is 3.63. The van der Waals surface area contributed by atoms with Gasteiger partial charge in [-0.05, 0) is 48.5 Å². The van der Waals surface area contributed by atoms with E-state index >= 15 is 0 Å². The van der Waals surface area contributed by atoms with Crippen LogP contribution >= 0.6 is 23.7 Å². The second-order valence-electron chi connectivity index (χ2n) is 7.25. The molecule has 1 aliphatic rings. The predicted octanol–water partition coefficient (Wildman–Crippen LogP) is 4.10.